The van der Waals surface area contributed by atoms with Crippen LogP contribution in [0.5, 0.6) is 0 Å². The van der Waals surface area contributed by atoms with E-state index in [1.807, 2.05) is 0 Å². The monoisotopic (exact) mass is 403 g/mol. The molecule has 1 heterocycles. The number of aliphatic hydroxyl groups is 1. The fourth-order valence-electron chi connectivity index (χ4n) is 2.31. The summed E-state index contributed by atoms with van der Waals surface area (Å²) in [7, 11) is -3.92. The summed E-state index contributed by atoms with van der Waals surface area (Å²) in [6.45, 7) is 5.87. The zero-order chi connectivity index (χ0) is 20.6. The molecule has 6 nitrogen and oxygen atoms in total. The molecule has 0 bridgehead atoms. The molecule has 3 N–H and O–H groups in total. The van der Waals surface area contributed by atoms with E-state index < -0.39 is 43.1 Å². The second kappa shape index (κ2) is 7.31. The van der Waals surface area contributed by atoms with Crippen molar-refractivity contribution in [2.24, 2.45) is 0 Å². The van der Waals surface area contributed by atoms with Gasteiger partial charge in [0, 0.05) is 17.5 Å². The molecule has 2 aromatic rings. The van der Waals surface area contributed by atoms with Crippen molar-refractivity contribution >= 4 is 16.4 Å². The van der Waals surface area contributed by atoms with Gasteiger partial charge in [-0.25, -0.2) is 8.78 Å². The van der Waals surface area contributed by atoms with Gasteiger partial charge in [0.25, 0.3) is 0 Å². The maximum atomic E-state index is 14.0. The highest BCUT2D eigenvalue weighted by Gasteiger charge is 2.44. The van der Waals surface area contributed by atoms with Crippen LogP contribution >= 0.6 is 10.6 Å². The number of carbonyl (C=O) groups excluding carboxylic acids is 1. The number of hydrogen-bond donors (Lipinski definition) is 3. The summed E-state index contributed by atoms with van der Waals surface area (Å²) in [5, 5.41) is 13.2. The van der Waals surface area contributed by atoms with Gasteiger partial charge in [-0.05, 0) is 26.0 Å². The summed E-state index contributed by atoms with van der Waals surface area (Å²) in [6, 6.07) is 3.86. The van der Waals surface area contributed by atoms with Crippen LogP contribution in [0.25, 0.3) is 0 Å². The van der Waals surface area contributed by atoms with E-state index in [1.54, 1.807) is 13.8 Å². The van der Waals surface area contributed by atoms with Crippen molar-refractivity contribution in [3.63, 3.8) is 0 Å². The quantitative estimate of drug-likeness (QED) is 0.647. The number of hydrogen-bond acceptors (Lipinski definition) is 6. The fraction of sp³-hybridized carbons (Fsp3) is 0.444. The summed E-state index contributed by atoms with van der Waals surface area (Å²) in [5.74, 6) is -2.44. The van der Waals surface area contributed by atoms with Gasteiger partial charge in [-0.15, -0.1) is 0 Å². The molecule has 150 valence electrons. The Kier molecular flexibility index (Phi) is 5.82. The first kappa shape index (κ1) is 21.5. The number of aromatic nitrogens is 1. The number of carbonyl (C=O) groups is 1. The van der Waals surface area contributed by atoms with Crippen LogP contribution in [0.3, 0.4) is 0 Å². The third-order valence-corrected chi connectivity index (χ3v) is 7.16. The molecule has 0 saturated carbocycles. The number of benzene rings is 1. The van der Waals surface area contributed by atoms with E-state index in [9.17, 15) is 27.8 Å². The first-order valence-electron chi connectivity index (χ1n) is 8.16. The van der Waals surface area contributed by atoms with Crippen molar-refractivity contribution in [1.82, 2.24) is 5.16 Å². The Morgan fingerprint density at radius 2 is 1.81 bits per heavy atom. The zero-order valence-corrected chi connectivity index (χ0v) is 16.3. The van der Waals surface area contributed by atoms with Crippen molar-refractivity contribution in [1.29, 1.82) is 0 Å². The van der Waals surface area contributed by atoms with Gasteiger partial charge < -0.3 is 9.63 Å². The molecule has 0 aliphatic rings. The Hall–Kier alpha value is -1.81. The van der Waals surface area contributed by atoms with E-state index in [0.29, 0.717) is 11.8 Å². The minimum absolute atomic E-state index is 0.178. The molecule has 9 heteroatoms. The molecule has 0 atom stereocenters. The average Bonchev–Trinajstić information content (AvgIpc) is 3.03. The van der Waals surface area contributed by atoms with Gasteiger partial charge >= 0.3 is 0 Å². The van der Waals surface area contributed by atoms with Crippen molar-refractivity contribution in [3.8, 4) is 0 Å². The van der Waals surface area contributed by atoms with Crippen LogP contribution in [-0.4, -0.2) is 36.5 Å². The smallest absolute Gasteiger partial charge is 0.165 e. The normalized spacial score (nSPS) is 13.7. The van der Waals surface area contributed by atoms with Gasteiger partial charge in [0.2, 0.25) is 0 Å². The highest BCUT2D eigenvalue weighted by atomic mass is 32.3. The zero-order valence-electron chi connectivity index (χ0n) is 15.5. The van der Waals surface area contributed by atoms with Crippen molar-refractivity contribution in [3.05, 3.63) is 47.4 Å². The first-order valence-corrected chi connectivity index (χ1v) is 9.70. The molecule has 2 rings (SSSR count). The lowest BCUT2D eigenvalue weighted by Crippen LogP contribution is -2.39. The SMILES string of the molecule is CC(C)(CO)c1cc(CC(=O)C(C)(C)S(O)(O)c2ccc(F)cc2F)on1. The number of ketones is 1. The highest BCUT2D eigenvalue weighted by Crippen LogP contribution is 2.60. The van der Waals surface area contributed by atoms with E-state index >= 15 is 0 Å². The number of aliphatic hydroxyl groups excluding tert-OH is 1. The fourth-order valence-corrected chi connectivity index (χ4v) is 3.84. The molecule has 0 radical (unpaired) electrons. The third-order valence-electron chi connectivity index (χ3n) is 4.57. The van der Waals surface area contributed by atoms with E-state index in [1.165, 1.54) is 19.9 Å². The molecule has 1 aromatic heterocycles. The molecule has 27 heavy (non-hydrogen) atoms. The number of halogens is 2. The van der Waals surface area contributed by atoms with Crippen molar-refractivity contribution in [2.75, 3.05) is 6.61 Å². The summed E-state index contributed by atoms with van der Waals surface area (Å²) >= 11 is 0. The van der Waals surface area contributed by atoms with Crippen LogP contribution in [0.2, 0.25) is 0 Å². The molecular weight excluding hydrogens is 380 g/mol. The van der Waals surface area contributed by atoms with Crippen LogP contribution in [0.1, 0.15) is 39.1 Å². The lowest BCUT2D eigenvalue weighted by molar-refractivity contribution is -0.120. The van der Waals surface area contributed by atoms with E-state index in [0.717, 1.165) is 12.1 Å². The topological polar surface area (TPSA) is 104 Å². The van der Waals surface area contributed by atoms with E-state index in [-0.39, 0.29) is 18.8 Å². The lowest BCUT2D eigenvalue weighted by atomic mass is 9.90. The third kappa shape index (κ3) is 4.06. The van der Waals surface area contributed by atoms with Gasteiger partial charge in [0.1, 0.15) is 22.1 Å². The molecule has 0 fully saturated rings. The number of nitrogens with zero attached hydrogens (tertiary/aromatic N) is 1. The lowest BCUT2D eigenvalue weighted by Gasteiger charge is -2.45. The highest BCUT2D eigenvalue weighted by molar-refractivity contribution is 8.26. The van der Waals surface area contributed by atoms with E-state index in [4.69, 9.17) is 4.52 Å². The maximum Gasteiger partial charge on any atom is 0.165 e. The van der Waals surface area contributed by atoms with Crippen molar-refractivity contribution in [2.45, 2.75) is 49.2 Å². The van der Waals surface area contributed by atoms with Crippen LogP contribution in [0.15, 0.2) is 33.7 Å². The molecule has 0 saturated heterocycles. The van der Waals surface area contributed by atoms with Crippen LogP contribution in [0.4, 0.5) is 8.78 Å². The van der Waals surface area contributed by atoms with Gasteiger partial charge in [0.15, 0.2) is 5.78 Å². The Morgan fingerprint density at radius 3 is 2.37 bits per heavy atom. The van der Waals surface area contributed by atoms with Crippen LogP contribution < -0.4 is 0 Å². The number of Topliss-reactive ketones (excluding diaryl/α,β-unsaturated/α-hetero) is 1. The molecule has 0 unspecified atom stereocenters. The Labute approximate surface area is 157 Å². The molecule has 0 amide bonds. The molecule has 0 aliphatic carbocycles. The predicted molar refractivity (Wildman–Crippen MR) is 96.9 cm³/mol. The van der Waals surface area contributed by atoms with Crippen LogP contribution in [-0.2, 0) is 16.6 Å². The minimum atomic E-state index is -3.92. The summed E-state index contributed by atoms with van der Waals surface area (Å²) in [6.07, 6.45) is -0.305. The maximum absolute atomic E-state index is 14.0. The summed E-state index contributed by atoms with van der Waals surface area (Å²) in [4.78, 5) is 12.2. The second-order valence-corrected chi connectivity index (χ2v) is 10.0. The molecule has 1 aromatic carbocycles. The Morgan fingerprint density at radius 1 is 1.19 bits per heavy atom. The van der Waals surface area contributed by atoms with Gasteiger partial charge in [0.05, 0.1) is 23.6 Å². The Balaban J connectivity index is 2.28. The molecular formula is C18H23F2NO5S. The molecule has 0 aliphatic heterocycles. The largest absolute Gasteiger partial charge is 0.395 e. The van der Waals surface area contributed by atoms with Crippen LogP contribution in [0, 0.1) is 11.6 Å². The molecule has 0 spiro atoms. The van der Waals surface area contributed by atoms with Crippen molar-refractivity contribution < 1.29 is 32.3 Å². The van der Waals surface area contributed by atoms with Gasteiger partial charge in [-0.3, -0.25) is 13.9 Å². The van der Waals surface area contributed by atoms with Gasteiger partial charge in [-0.1, -0.05) is 19.0 Å². The predicted octanol–water partition coefficient (Wildman–Crippen LogP) is 3.92. The average molecular weight is 403 g/mol. The first-order chi connectivity index (χ1) is 12.3. The Bertz CT molecular complexity index is 848. The number of rotatable bonds is 7. The second-order valence-electron chi connectivity index (χ2n) is 7.45. The standard InChI is InChI=1S/C18H23F2NO5S/c1-17(2,10-22)15-8-12(26-21-15)9-16(23)18(3,4)27(24,25)14-6-5-11(19)7-13(14)20/h5-8,22,24-25H,9-10H2,1-4H3. The summed E-state index contributed by atoms with van der Waals surface area (Å²) in [5.41, 5.74) is -0.220. The summed E-state index contributed by atoms with van der Waals surface area (Å²) < 4.78 is 51.7. The minimum Gasteiger partial charge on any atom is -0.395 e. The van der Waals surface area contributed by atoms with E-state index in [2.05, 4.69) is 5.16 Å². The van der Waals surface area contributed by atoms with Gasteiger partial charge in [-0.2, -0.15) is 10.6 Å².